The van der Waals surface area contributed by atoms with E-state index in [1.54, 1.807) is 22.0 Å². The van der Waals surface area contributed by atoms with Gasteiger partial charge in [0.25, 0.3) is 0 Å². The molecule has 0 atom stereocenters. The van der Waals surface area contributed by atoms with Crippen LogP contribution in [0.5, 0.6) is 0 Å². The molecule has 10 rings (SSSR count). The number of aromatic nitrogens is 2. The number of halogens is 2. The molecule has 0 saturated carbocycles. The summed E-state index contributed by atoms with van der Waals surface area (Å²) in [5, 5.41) is 0. The average molecular weight is 906 g/mol. The molecule has 4 aromatic carbocycles. The van der Waals surface area contributed by atoms with E-state index in [-0.39, 0.29) is 47.5 Å². The Bertz CT molecular complexity index is 2590. The molecule has 0 bridgehead atoms. The second-order valence-corrected chi connectivity index (χ2v) is 21.0. The van der Waals surface area contributed by atoms with Gasteiger partial charge in [0.15, 0.2) is 23.8 Å². The molecule has 0 N–H and O–H groups in total. The number of pyridine rings is 2. The van der Waals surface area contributed by atoms with Crippen molar-refractivity contribution in [1.29, 1.82) is 0 Å². The summed E-state index contributed by atoms with van der Waals surface area (Å²) in [5.74, 6) is 0.228. The van der Waals surface area contributed by atoms with Crippen LogP contribution >= 0.6 is 46.8 Å². The molecule has 0 radical (unpaired) electrons. The third kappa shape index (κ3) is 7.04. The molecule has 2 saturated heterocycles. The van der Waals surface area contributed by atoms with Gasteiger partial charge >= 0.3 is 11.8 Å². The number of nitrogens with zero attached hydrogens (tertiary/aromatic N) is 6. The lowest BCUT2D eigenvalue weighted by Gasteiger charge is -2.18. The van der Waals surface area contributed by atoms with E-state index >= 15 is 0 Å². The van der Waals surface area contributed by atoms with Crippen molar-refractivity contribution in [3.05, 3.63) is 155 Å². The van der Waals surface area contributed by atoms with E-state index in [1.807, 2.05) is 12.1 Å². The number of hydrogen-bond donors (Lipinski definition) is 0. The second kappa shape index (κ2) is 15.5. The second-order valence-electron chi connectivity index (χ2n) is 18.4. The molecule has 2 amide bonds. The fourth-order valence-electron chi connectivity index (χ4n) is 9.08. The number of quaternary nitrogens is 2. The fraction of sp³-hybridized carbons (Fsp3) is 0.280. The largest absolute Gasteiger partial charge is 0.378 e. The highest BCUT2D eigenvalue weighted by atomic mass is 35.5. The number of carbonyl (C=O) groups is 2. The van der Waals surface area contributed by atoms with Crippen molar-refractivity contribution in [3.63, 3.8) is 0 Å². The van der Waals surface area contributed by atoms with E-state index in [0.29, 0.717) is 7.78 Å². The maximum absolute atomic E-state index is 14.4. The number of fused-ring (bicyclic) bond motifs is 6. The predicted molar refractivity (Wildman–Crippen MR) is 258 cm³/mol. The quantitative estimate of drug-likeness (QED) is 0.0474. The van der Waals surface area contributed by atoms with E-state index < -0.39 is 0 Å². The smallest absolute Gasteiger partial charge is 0.358 e. The molecule has 12 heteroatoms. The van der Waals surface area contributed by atoms with Crippen molar-refractivity contribution >= 4 is 70.0 Å². The topological polar surface area (TPSA) is 48.4 Å². The van der Waals surface area contributed by atoms with Crippen LogP contribution in [0.15, 0.2) is 122 Å². The van der Waals surface area contributed by atoms with Crippen LogP contribution in [0.25, 0.3) is 33.6 Å². The van der Waals surface area contributed by atoms with Crippen molar-refractivity contribution in [1.82, 2.24) is 0 Å². The van der Waals surface area contributed by atoms with Gasteiger partial charge in [0.05, 0.1) is 22.0 Å². The molecule has 2 aromatic heterocycles. The van der Waals surface area contributed by atoms with Gasteiger partial charge in [-0.15, -0.1) is 24.8 Å². The fourth-order valence-corrected chi connectivity index (χ4v) is 12.2. The Morgan fingerprint density at radius 1 is 0.500 bits per heavy atom. The Hall–Kier alpha value is -4.68. The lowest BCUT2D eigenvalue weighted by Crippen LogP contribution is -2.34. The molecule has 62 heavy (non-hydrogen) atoms. The molecule has 8 nitrogen and oxygen atoms in total. The summed E-state index contributed by atoms with van der Waals surface area (Å²) in [6.45, 7) is 12.1. The monoisotopic (exact) mass is 904 g/mol. The summed E-state index contributed by atoms with van der Waals surface area (Å²) in [6, 6.07) is 38.8. The Morgan fingerprint density at radius 3 is 1.18 bits per heavy atom. The highest BCUT2D eigenvalue weighted by Gasteiger charge is 2.61. The summed E-state index contributed by atoms with van der Waals surface area (Å²) in [4.78, 5) is 33.0. The summed E-state index contributed by atoms with van der Waals surface area (Å²) in [7, 11) is 11.4. The predicted octanol–water partition coefficient (Wildman–Crippen LogP) is 9.68. The number of rotatable bonds is 9. The molecule has 318 valence electrons. The van der Waals surface area contributed by atoms with E-state index in [1.165, 1.54) is 45.0 Å². The Labute approximate surface area is 385 Å². The first-order chi connectivity index (χ1) is 28.6. The minimum atomic E-state index is -0.289. The van der Waals surface area contributed by atoms with Crippen LogP contribution < -0.4 is 18.9 Å². The molecule has 0 unspecified atom stereocenters. The van der Waals surface area contributed by atoms with Gasteiger partial charge < -0.3 is 9.80 Å². The van der Waals surface area contributed by atoms with Gasteiger partial charge in [0.2, 0.25) is 33.3 Å². The SMILES string of the molecule is CN(C)c1ccc(-c2cc[n+]3c(c2)C(C)(C)c2cc(C(=O)[N+]4(SS[N+]5(C(=O)c6ccc7c(c6)C(C)(C)c6cc(-c8ccc(N(C)C)cc8)cc[n+]6-7)CC5)CC4)ccc2-3)cc1.Cl.Cl. The van der Waals surface area contributed by atoms with Crippen molar-refractivity contribution in [2.45, 2.75) is 38.5 Å². The molecular weight excluding hydrogens is 852 g/mol. The molecule has 0 aliphatic carbocycles. The summed E-state index contributed by atoms with van der Waals surface area (Å²) in [6.07, 6.45) is 4.33. The van der Waals surface area contributed by atoms with Gasteiger partial charge in [0, 0.05) is 87.1 Å². The van der Waals surface area contributed by atoms with Gasteiger partial charge in [0.1, 0.15) is 26.2 Å². The Morgan fingerprint density at radius 2 is 0.855 bits per heavy atom. The first-order valence-corrected chi connectivity index (χ1v) is 22.9. The minimum absolute atomic E-state index is 0. The lowest BCUT2D eigenvalue weighted by molar-refractivity contribution is -0.600. The standard InChI is InChI=1S/C50H52N6O2S2.2ClH/c1-49(2)41-29-37(13-19-43(41)53-23-21-35(31-45(49)53)33-9-15-39(16-10-33)51(5)6)47(57)55(25-26-55)59-60-56(27-28-56)48(58)38-14-20-44-42(30-38)50(3,4)46-32-36(22-24-54(44)46)34-11-17-40(18-12-34)52(7)8;;/h9-24,29-32H,25-28H2,1-8H3;2*1H/q+4;;. The molecule has 2 fully saturated rings. The maximum Gasteiger partial charge on any atom is 0.358 e. The summed E-state index contributed by atoms with van der Waals surface area (Å²) >= 11 is 0. The molecular formula is C50H54Cl2N6O2S2+4. The number of hydrogen-bond acceptors (Lipinski definition) is 6. The van der Waals surface area contributed by atoms with E-state index in [2.05, 4.69) is 184 Å². The van der Waals surface area contributed by atoms with Crippen molar-refractivity contribution in [2.75, 3.05) is 64.2 Å². The number of carbonyl (C=O) groups excluding carboxylic acids is 2. The normalized spacial score (nSPS) is 17.0. The molecule has 6 aromatic rings. The lowest BCUT2D eigenvalue weighted by atomic mass is 9.82. The van der Waals surface area contributed by atoms with E-state index in [4.69, 9.17) is 0 Å². The summed E-state index contributed by atoms with van der Waals surface area (Å²) in [5.41, 5.74) is 14.9. The van der Waals surface area contributed by atoms with Crippen LogP contribution in [-0.2, 0) is 10.8 Å². The van der Waals surface area contributed by atoms with Crippen LogP contribution in [0.2, 0.25) is 0 Å². The number of anilines is 2. The van der Waals surface area contributed by atoms with Crippen LogP contribution in [0.4, 0.5) is 11.4 Å². The third-order valence-electron chi connectivity index (χ3n) is 13.3. The van der Waals surface area contributed by atoms with Gasteiger partial charge in [-0.3, -0.25) is 0 Å². The number of amides is 2. The number of benzene rings is 4. The van der Waals surface area contributed by atoms with Crippen molar-refractivity contribution in [2.24, 2.45) is 0 Å². The van der Waals surface area contributed by atoms with Crippen LogP contribution in [0.1, 0.15) is 70.9 Å². The van der Waals surface area contributed by atoms with Gasteiger partial charge in [-0.2, -0.15) is 16.9 Å². The molecule has 4 aliphatic rings. The Kier molecular flexibility index (Phi) is 11.0. The van der Waals surface area contributed by atoms with Gasteiger partial charge in [-0.25, -0.2) is 9.59 Å². The van der Waals surface area contributed by atoms with Crippen molar-refractivity contribution in [3.8, 4) is 33.6 Å². The zero-order valence-corrected chi connectivity index (χ0v) is 39.8. The average Bonchev–Trinajstić information content (AvgIpc) is 4.19. The van der Waals surface area contributed by atoms with Gasteiger partial charge in [-0.1, -0.05) is 24.3 Å². The van der Waals surface area contributed by atoms with Gasteiger partial charge in [-0.05, 0) is 98.5 Å². The zero-order valence-electron chi connectivity index (χ0n) is 36.5. The molecule has 4 aliphatic heterocycles. The van der Waals surface area contributed by atoms with Crippen LogP contribution in [-0.4, -0.2) is 74.0 Å². The maximum atomic E-state index is 14.4. The van der Waals surface area contributed by atoms with E-state index in [9.17, 15) is 9.59 Å². The Balaban J connectivity index is 0.00000264. The minimum Gasteiger partial charge on any atom is -0.378 e. The van der Waals surface area contributed by atoms with Crippen molar-refractivity contribution < 1.29 is 26.5 Å². The zero-order chi connectivity index (χ0) is 41.9. The van der Waals surface area contributed by atoms with E-state index in [0.717, 1.165) is 59.8 Å². The van der Waals surface area contributed by atoms with Crippen LogP contribution in [0.3, 0.4) is 0 Å². The first kappa shape index (κ1) is 43.9. The highest BCUT2D eigenvalue weighted by molar-refractivity contribution is 8.72. The third-order valence-corrected chi connectivity index (χ3v) is 16.9. The molecule has 6 heterocycles. The highest BCUT2D eigenvalue weighted by Crippen LogP contribution is 2.53. The first-order valence-electron chi connectivity index (χ1n) is 20.8. The summed E-state index contributed by atoms with van der Waals surface area (Å²) < 4.78 is 5.14. The van der Waals surface area contributed by atoms with Crippen LogP contribution in [0, 0.1) is 0 Å². The molecule has 0 spiro atoms.